The van der Waals surface area contributed by atoms with E-state index in [9.17, 15) is 4.79 Å². The van der Waals surface area contributed by atoms with Crippen LogP contribution in [0.2, 0.25) is 0 Å². The number of primary amides is 1. The van der Waals surface area contributed by atoms with Crippen LogP contribution >= 0.6 is 22.6 Å². The Hall–Kier alpha value is -3.14. The molecule has 27 heavy (non-hydrogen) atoms. The van der Waals surface area contributed by atoms with Gasteiger partial charge in [0.2, 0.25) is 11.8 Å². The standard InChI is InChI=1S/C19H14IN5O2/c20-11-5-1-4-8-16(11)27-18-15(10-9-14(22-18)17(21)26)25-19-23-12-6-2-3-7-13(12)24-19/h1-10H,(H2,21,26)(H2,23,24,25). The Morgan fingerprint density at radius 1 is 1.04 bits per heavy atom. The van der Waals surface area contributed by atoms with Gasteiger partial charge in [-0.25, -0.2) is 9.97 Å². The zero-order valence-electron chi connectivity index (χ0n) is 13.9. The van der Waals surface area contributed by atoms with E-state index in [0.29, 0.717) is 17.4 Å². The number of benzene rings is 2. The van der Waals surface area contributed by atoms with Crippen molar-refractivity contribution in [3.63, 3.8) is 0 Å². The molecule has 0 atom stereocenters. The van der Waals surface area contributed by atoms with Crippen LogP contribution in [0, 0.1) is 3.57 Å². The van der Waals surface area contributed by atoms with Gasteiger partial charge in [0.15, 0.2) is 0 Å². The van der Waals surface area contributed by atoms with E-state index in [1.807, 2.05) is 48.5 Å². The number of nitrogens with two attached hydrogens (primary N) is 1. The number of H-pyrrole nitrogens is 1. The highest BCUT2D eigenvalue weighted by Gasteiger charge is 2.14. The number of aromatic amines is 1. The lowest BCUT2D eigenvalue weighted by Gasteiger charge is -2.12. The van der Waals surface area contributed by atoms with Crippen molar-refractivity contribution in [2.45, 2.75) is 0 Å². The first kappa shape index (κ1) is 17.3. The highest BCUT2D eigenvalue weighted by Crippen LogP contribution is 2.32. The molecule has 0 radical (unpaired) electrons. The third-order valence-electron chi connectivity index (χ3n) is 3.80. The number of carbonyl (C=O) groups excluding carboxylic acids is 1. The van der Waals surface area contributed by atoms with Crippen molar-refractivity contribution < 1.29 is 9.53 Å². The van der Waals surface area contributed by atoms with Crippen LogP contribution in [-0.4, -0.2) is 20.9 Å². The number of para-hydroxylation sites is 3. The number of nitrogens with zero attached hydrogens (tertiary/aromatic N) is 2. The lowest BCUT2D eigenvalue weighted by molar-refractivity contribution is 0.0995. The van der Waals surface area contributed by atoms with Crippen LogP contribution in [0.1, 0.15) is 10.5 Å². The number of anilines is 2. The monoisotopic (exact) mass is 471 g/mol. The van der Waals surface area contributed by atoms with Gasteiger partial charge in [0.25, 0.3) is 5.91 Å². The Labute approximate surface area is 168 Å². The summed E-state index contributed by atoms with van der Waals surface area (Å²) in [4.78, 5) is 23.5. The summed E-state index contributed by atoms with van der Waals surface area (Å²) in [7, 11) is 0. The minimum Gasteiger partial charge on any atom is -0.436 e. The van der Waals surface area contributed by atoms with Gasteiger partial charge in [-0.2, -0.15) is 0 Å². The highest BCUT2D eigenvalue weighted by molar-refractivity contribution is 14.1. The minimum absolute atomic E-state index is 0.117. The molecule has 134 valence electrons. The van der Waals surface area contributed by atoms with E-state index in [1.54, 1.807) is 6.07 Å². The van der Waals surface area contributed by atoms with Gasteiger partial charge in [0, 0.05) is 0 Å². The first-order valence-corrected chi connectivity index (χ1v) is 9.13. The third kappa shape index (κ3) is 3.70. The van der Waals surface area contributed by atoms with Gasteiger partial charge in [-0.05, 0) is 59.0 Å². The molecule has 1 amide bonds. The number of fused-ring (bicyclic) bond motifs is 1. The Balaban J connectivity index is 1.72. The zero-order chi connectivity index (χ0) is 18.8. The fourth-order valence-electron chi connectivity index (χ4n) is 2.52. The lowest BCUT2D eigenvalue weighted by Crippen LogP contribution is -2.13. The lowest BCUT2D eigenvalue weighted by atomic mass is 10.3. The van der Waals surface area contributed by atoms with Gasteiger partial charge in [-0.3, -0.25) is 4.79 Å². The SMILES string of the molecule is NC(=O)c1ccc(Nc2nc3ccccc3[nH]2)c(Oc2ccccc2I)n1. The summed E-state index contributed by atoms with van der Waals surface area (Å²) in [6, 6.07) is 18.4. The molecule has 2 aromatic heterocycles. The van der Waals surface area contributed by atoms with Crippen molar-refractivity contribution in [2.75, 3.05) is 5.32 Å². The van der Waals surface area contributed by atoms with Crippen molar-refractivity contribution in [2.24, 2.45) is 5.73 Å². The number of ether oxygens (including phenoxy) is 1. The molecule has 0 aliphatic heterocycles. The number of pyridine rings is 1. The summed E-state index contributed by atoms with van der Waals surface area (Å²) >= 11 is 2.17. The van der Waals surface area contributed by atoms with Crippen LogP contribution in [0.5, 0.6) is 11.6 Å². The number of hydrogen-bond donors (Lipinski definition) is 3. The molecule has 0 unspecified atom stereocenters. The number of carbonyl (C=O) groups is 1. The minimum atomic E-state index is -0.627. The van der Waals surface area contributed by atoms with E-state index in [0.717, 1.165) is 14.6 Å². The van der Waals surface area contributed by atoms with Gasteiger partial charge in [-0.1, -0.05) is 24.3 Å². The second-order valence-electron chi connectivity index (χ2n) is 5.67. The van der Waals surface area contributed by atoms with Crippen molar-refractivity contribution in [1.29, 1.82) is 0 Å². The molecule has 0 aliphatic carbocycles. The molecule has 2 heterocycles. The summed E-state index contributed by atoms with van der Waals surface area (Å²) in [6.45, 7) is 0. The van der Waals surface area contributed by atoms with Gasteiger partial charge in [0.1, 0.15) is 17.1 Å². The van der Waals surface area contributed by atoms with Crippen LogP contribution < -0.4 is 15.8 Å². The van der Waals surface area contributed by atoms with E-state index in [-0.39, 0.29) is 11.6 Å². The van der Waals surface area contributed by atoms with Gasteiger partial charge in [0.05, 0.1) is 14.6 Å². The molecule has 0 bridgehead atoms. The number of imidazole rings is 1. The van der Waals surface area contributed by atoms with Crippen molar-refractivity contribution in [1.82, 2.24) is 15.0 Å². The van der Waals surface area contributed by atoms with E-state index in [2.05, 4.69) is 42.9 Å². The Morgan fingerprint density at radius 2 is 1.81 bits per heavy atom. The Kier molecular flexibility index (Phi) is 4.63. The third-order valence-corrected chi connectivity index (χ3v) is 4.69. The summed E-state index contributed by atoms with van der Waals surface area (Å²) in [6.07, 6.45) is 0. The number of halogens is 1. The smallest absolute Gasteiger partial charge is 0.267 e. The number of hydrogen-bond acceptors (Lipinski definition) is 5. The fourth-order valence-corrected chi connectivity index (χ4v) is 3.02. The molecule has 0 saturated carbocycles. The maximum atomic E-state index is 11.5. The molecule has 4 N–H and O–H groups in total. The molecule has 8 heteroatoms. The largest absolute Gasteiger partial charge is 0.436 e. The maximum Gasteiger partial charge on any atom is 0.267 e. The predicted octanol–water partition coefficient (Wildman–Crippen LogP) is 4.20. The second-order valence-corrected chi connectivity index (χ2v) is 6.84. The quantitative estimate of drug-likeness (QED) is 0.379. The molecule has 7 nitrogen and oxygen atoms in total. The number of rotatable bonds is 5. The van der Waals surface area contributed by atoms with Crippen LogP contribution in [0.25, 0.3) is 11.0 Å². The van der Waals surface area contributed by atoms with Crippen molar-refractivity contribution in [3.8, 4) is 11.6 Å². The molecule has 2 aromatic carbocycles. The van der Waals surface area contributed by atoms with Crippen LogP contribution in [0.3, 0.4) is 0 Å². The first-order valence-electron chi connectivity index (χ1n) is 8.05. The summed E-state index contributed by atoms with van der Waals surface area (Å²) in [5.74, 6) is 0.770. The molecule has 0 fully saturated rings. The first-order chi connectivity index (χ1) is 13.1. The Bertz CT molecular complexity index is 1110. The second kappa shape index (κ2) is 7.23. The molecule has 0 spiro atoms. The van der Waals surface area contributed by atoms with E-state index < -0.39 is 5.91 Å². The summed E-state index contributed by atoms with van der Waals surface area (Å²) in [5.41, 5.74) is 7.77. The van der Waals surface area contributed by atoms with Crippen LogP contribution in [0.15, 0.2) is 60.7 Å². The van der Waals surface area contributed by atoms with Crippen molar-refractivity contribution in [3.05, 3.63) is 69.9 Å². The highest BCUT2D eigenvalue weighted by atomic mass is 127. The van der Waals surface area contributed by atoms with Crippen LogP contribution in [0.4, 0.5) is 11.6 Å². The number of aromatic nitrogens is 3. The average molecular weight is 471 g/mol. The summed E-state index contributed by atoms with van der Waals surface area (Å²) in [5, 5.41) is 3.16. The zero-order valence-corrected chi connectivity index (χ0v) is 16.1. The van der Waals surface area contributed by atoms with E-state index in [1.165, 1.54) is 6.07 Å². The van der Waals surface area contributed by atoms with Crippen molar-refractivity contribution >= 4 is 51.2 Å². The Morgan fingerprint density at radius 3 is 2.59 bits per heavy atom. The van der Waals surface area contributed by atoms with Crippen LogP contribution in [-0.2, 0) is 0 Å². The normalized spacial score (nSPS) is 10.7. The predicted molar refractivity (Wildman–Crippen MR) is 111 cm³/mol. The number of nitrogens with one attached hydrogen (secondary N) is 2. The topological polar surface area (TPSA) is 106 Å². The average Bonchev–Trinajstić information content (AvgIpc) is 3.07. The molecule has 4 rings (SSSR count). The maximum absolute atomic E-state index is 11.5. The molecule has 4 aromatic rings. The molecule has 0 aliphatic rings. The number of amides is 1. The van der Waals surface area contributed by atoms with Gasteiger partial charge >= 0.3 is 0 Å². The molecular formula is C19H14IN5O2. The van der Waals surface area contributed by atoms with Gasteiger partial charge in [-0.15, -0.1) is 0 Å². The van der Waals surface area contributed by atoms with E-state index in [4.69, 9.17) is 10.5 Å². The van der Waals surface area contributed by atoms with Gasteiger partial charge < -0.3 is 20.8 Å². The summed E-state index contributed by atoms with van der Waals surface area (Å²) < 4.78 is 6.86. The fraction of sp³-hybridized carbons (Fsp3) is 0. The van der Waals surface area contributed by atoms with E-state index >= 15 is 0 Å². The molecule has 0 saturated heterocycles. The molecular weight excluding hydrogens is 457 g/mol.